The Labute approximate surface area is 393 Å². The van der Waals surface area contributed by atoms with Crippen LogP contribution >= 0.6 is 0 Å². The van der Waals surface area contributed by atoms with Crippen molar-refractivity contribution in [3.8, 4) is 16.9 Å². The standard InChI is InChI=1S/C51H56F2N10O5/c1-30(64)58-16-11-41-40(26-58)48(61-13-3-4-32-19-37(39(47(52)53)20-43(32)61)38-21-45-54-12-17-59(45)27-44(38)68-2)56-63(41)34-9-14-57(15-10-34)24-31-22-51(23-31)28-60(29-51)35-5-6-36-33(18-35)25-62(50(36)67)42-7-8-46(65)55-49(42)66/h5-6,12,17-21,27,31,34,42,47H,3-4,7-11,13-16,22-26,28-29H2,1-2H3,(H,55,65,66). The van der Waals surface area contributed by atoms with Crippen molar-refractivity contribution < 1.29 is 32.7 Å². The zero-order valence-electron chi connectivity index (χ0n) is 38.6. The number of amides is 4. The molecule has 1 unspecified atom stereocenters. The third kappa shape index (κ3) is 7.21. The molecule has 0 bridgehead atoms. The molecule has 2 aromatic carbocycles. The Hall–Kier alpha value is -6.36. The third-order valence-electron chi connectivity index (χ3n) is 16.2. The maximum atomic E-state index is 15.2. The van der Waals surface area contributed by atoms with Crippen LogP contribution in [0, 0.1) is 11.3 Å². The van der Waals surface area contributed by atoms with Crippen molar-refractivity contribution in [2.24, 2.45) is 11.3 Å². The van der Waals surface area contributed by atoms with Crippen molar-refractivity contribution in [3.05, 3.63) is 88.5 Å². The smallest absolute Gasteiger partial charge is 0.264 e. The molecule has 12 rings (SSSR count). The Morgan fingerprint density at radius 2 is 1.75 bits per heavy atom. The van der Waals surface area contributed by atoms with Crippen LogP contribution in [0.5, 0.6) is 5.75 Å². The van der Waals surface area contributed by atoms with Crippen LogP contribution in [-0.2, 0) is 40.3 Å². The van der Waals surface area contributed by atoms with Crippen LogP contribution < -0.4 is 19.9 Å². The average Bonchev–Trinajstić information content (AvgIpc) is 4.03. The van der Waals surface area contributed by atoms with Gasteiger partial charge < -0.3 is 33.6 Å². The molecule has 15 nitrogen and oxygen atoms in total. The van der Waals surface area contributed by atoms with Gasteiger partial charge in [-0.2, -0.15) is 5.10 Å². The van der Waals surface area contributed by atoms with Crippen LogP contribution in [-0.4, -0.2) is 116 Å². The zero-order valence-corrected chi connectivity index (χ0v) is 38.6. The highest BCUT2D eigenvalue weighted by Crippen LogP contribution is 2.54. The van der Waals surface area contributed by atoms with Crippen molar-refractivity contribution in [2.45, 2.75) is 96.3 Å². The monoisotopic (exact) mass is 926 g/mol. The number of rotatable bonds is 9. The van der Waals surface area contributed by atoms with Gasteiger partial charge in [0, 0.05) is 129 Å². The van der Waals surface area contributed by atoms with Crippen molar-refractivity contribution in [1.82, 2.24) is 39.2 Å². The number of alkyl halides is 2. The van der Waals surface area contributed by atoms with E-state index < -0.39 is 12.5 Å². The lowest BCUT2D eigenvalue weighted by molar-refractivity contribution is -0.137. The number of anilines is 3. The summed E-state index contributed by atoms with van der Waals surface area (Å²) < 4.78 is 40.1. The predicted octanol–water partition coefficient (Wildman–Crippen LogP) is 6.45. The first-order chi connectivity index (χ1) is 32.9. The number of imidazole rings is 1. The number of benzene rings is 2. The van der Waals surface area contributed by atoms with E-state index in [1.165, 1.54) is 12.8 Å². The number of nitrogens with one attached hydrogen (secondary N) is 1. The van der Waals surface area contributed by atoms with E-state index in [9.17, 15) is 19.2 Å². The Morgan fingerprint density at radius 1 is 0.926 bits per heavy atom. The van der Waals surface area contributed by atoms with Gasteiger partial charge in [0.2, 0.25) is 17.7 Å². The average molecular weight is 927 g/mol. The van der Waals surface area contributed by atoms with Crippen LogP contribution in [0.15, 0.2) is 55.0 Å². The molecular formula is C51H56F2N10O5. The Bertz CT molecular complexity index is 2890. The number of likely N-dealkylation sites (tertiary alicyclic amines) is 1. The molecular weight excluding hydrogens is 871 g/mol. The number of ether oxygens (including phenoxy) is 1. The molecule has 17 heteroatoms. The lowest BCUT2D eigenvalue weighted by Crippen LogP contribution is -2.63. The van der Waals surface area contributed by atoms with Gasteiger partial charge in [0.25, 0.3) is 12.3 Å². The largest absolute Gasteiger partial charge is 0.495 e. The molecule has 1 atom stereocenters. The number of carbonyl (C=O) groups excluding carboxylic acids is 4. The predicted molar refractivity (Wildman–Crippen MR) is 249 cm³/mol. The quantitative estimate of drug-likeness (QED) is 0.164. The molecule has 0 radical (unpaired) electrons. The van der Waals surface area contributed by atoms with Gasteiger partial charge in [0.15, 0.2) is 5.82 Å². The Balaban J connectivity index is 0.713. The molecule has 4 fully saturated rings. The summed E-state index contributed by atoms with van der Waals surface area (Å²) in [6.07, 6.45) is 9.74. The second-order valence-electron chi connectivity index (χ2n) is 20.4. The van der Waals surface area contributed by atoms with E-state index in [1.807, 2.05) is 33.6 Å². The van der Waals surface area contributed by atoms with E-state index in [0.29, 0.717) is 78.4 Å². The topological polar surface area (TPSA) is 141 Å². The van der Waals surface area contributed by atoms with Crippen molar-refractivity contribution in [3.63, 3.8) is 0 Å². The Kier molecular flexibility index (Phi) is 10.4. The number of halogens is 2. The van der Waals surface area contributed by atoms with Gasteiger partial charge >= 0.3 is 0 Å². The molecule has 354 valence electrons. The number of piperidine rings is 2. The van der Waals surface area contributed by atoms with Crippen molar-refractivity contribution in [2.75, 3.05) is 62.7 Å². The van der Waals surface area contributed by atoms with E-state index >= 15 is 8.78 Å². The summed E-state index contributed by atoms with van der Waals surface area (Å²) in [6, 6.07) is 11.0. The van der Waals surface area contributed by atoms with Gasteiger partial charge in [-0.25, -0.2) is 13.8 Å². The van der Waals surface area contributed by atoms with E-state index in [1.54, 1.807) is 43.6 Å². The molecule has 7 aliphatic rings. The van der Waals surface area contributed by atoms with Gasteiger partial charge in [0.1, 0.15) is 17.4 Å². The van der Waals surface area contributed by atoms with Crippen LogP contribution in [0.2, 0.25) is 0 Å². The second-order valence-corrected chi connectivity index (χ2v) is 20.4. The highest BCUT2D eigenvalue weighted by atomic mass is 19.3. The number of aryl methyl sites for hydroxylation is 1. The normalized spacial score (nSPS) is 21.8. The van der Waals surface area contributed by atoms with E-state index in [-0.39, 0.29) is 41.7 Å². The molecule has 5 aromatic rings. The first-order valence-corrected chi connectivity index (χ1v) is 24.3. The SMILES string of the molecule is COc1cn2ccnc2cc1-c1cc2c(cc1C(F)F)N(c1nn(C3CCN(CC4CC5(C4)CN(c4ccc6c(c4)CN(C4CCC(=O)NC4=O)C6=O)C5)CC3)c3c1CN(C(C)=O)CC3)CCC2. The fourth-order valence-corrected chi connectivity index (χ4v) is 12.8. The molecule has 9 heterocycles. The fraction of sp³-hybridized carbons (Fsp3) is 0.490. The number of hydrogen-bond acceptors (Lipinski definition) is 10. The van der Waals surface area contributed by atoms with Crippen LogP contribution in [0.3, 0.4) is 0 Å². The third-order valence-corrected chi connectivity index (χ3v) is 16.2. The van der Waals surface area contributed by atoms with Gasteiger partial charge in [-0.1, -0.05) is 0 Å². The molecule has 3 aromatic heterocycles. The summed E-state index contributed by atoms with van der Waals surface area (Å²) in [6.45, 7) is 8.76. The second kappa shape index (κ2) is 16.4. The Morgan fingerprint density at radius 3 is 2.51 bits per heavy atom. The van der Waals surface area contributed by atoms with E-state index in [4.69, 9.17) is 9.84 Å². The zero-order chi connectivity index (χ0) is 46.6. The maximum absolute atomic E-state index is 15.2. The van der Waals surface area contributed by atoms with Gasteiger partial charge in [-0.3, -0.25) is 29.2 Å². The molecule has 3 saturated heterocycles. The number of imide groups is 1. The molecule has 1 aliphatic carbocycles. The van der Waals surface area contributed by atoms with Crippen molar-refractivity contribution in [1.29, 1.82) is 0 Å². The molecule has 1 spiro atoms. The first-order valence-electron chi connectivity index (χ1n) is 24.3. The number of hydrogen-bond donors (Lipinski definition) is 1. The minimum Gasteiger partial charge on any atom is -0.495 e. The molecule has 1 saturated carbocycles. The lowest BCUT2D eigenvalue weighted by atomic mass is 9.57. The number of aromatic nitrogens is 4. The fourth-order valence-electron chi connectivity index (χ4n) is 12.8. The number of nitrogens with zero attached hydrogens (tertiary/aromatic N) is 9. The lowest BCUT2D eigenvalue weighted by Gasteiger charge is -2.60. The number of methoxy groups -OCH3 is 1. The highest BCUT2D eigenvalue weighted by Gasteiger charge is 2.53. The van der Waals surface area contributed by atoms with E-state index in [2.05, 4.69) is 35.7 Å². The van der Waals surface area contributed by atoms with Crippen LogP contribution in [0.4, 0.5) is 26.0 Å². The number of fused-ring (bicyclic) bond motifs is 4. The summed E-state index contributed by atoms with van der Waals surface area (Å²) in [4.78, 5) is 65.3. The summed E-state index contributed by atoms with van der Waals surface area (Å²) in [5, 5.41) is 7.78. The summed E-state index contributed by atoms with van der Waals surface area (Å²) in [7, 11) is 1.55. The summed E-state index contributed by atoms with van der Waals surface area (Å²) in [5.74, 6) is 1.12. The van der Waals surface area contributed by atoms with Crippen LogP contribution in [0.1, 0.15) is 103 Å². The molecule has 6 aliphatic heterocycles. The molecule has 1 N–H and O–H groups in total. The summed E-state index contributed by atoms with van der Waals surface area (Å²) in [5.41, 5.74) is 8.53. The highest BCUT2D eigenvalue weighted by molar-refractivity contribution is 6.05. The number of carbonyl (C=O) groups is 4. The minimum absolute atomic E-state index is 0.0168. The number of pyridine rings is 1. The summed E-state index contributed by atoms with van der Waals surface area (Å²) >= 11 is 0. The van der Waals surface area contributed by atoms with E-state index in [0.717, 1.165) is 98.0 Å². The molecule has 68 heavy (non-hydrogen) atoms. The van der Waals surface area contributed by atoms with Gasteiger partial charge in [-0.15, -0.1) is 0 Å². The van der Waals surface area contributed by atoms with Gasteiger partial charge in [-0.05, 0) is 104 Å². The maximum Gasteiger partial charge on any atom is 0.264 e. The van der Waals surface area contributed by atoms with Gasteiger partial charge in [0.05, 0.1) is 25.9 Å². The molecule has 4 amide bonds. The minimum atomic E-state index is -2.73. The first kappa shape index (κ1) is 43.0. The van der Waals surface area contributed by atoms with Crippen molar-refractivity contribution >= 4 is 46.5 Å². The van der Waals surface area contributed by atoms with Crippen LogP contribution in [0.25, 0.3) is 16.8 Å².